The second-order valence-electron chi connectivity index (χ2n) is 6.74. The van der Waals surface area contributed by atoms with E-state index in [1.54, 1.807) is 58.9 Å². The van der Waals surface area contributed by atoms with Gasteiger partial charge in [-0.2, -0.15) is 0 Å². The van der Waals surface area contributed by atoms with Crippen molar-refractivity contribution in [3.8, 4) is 0 Å². The minimum Gasteiger partial charge on any atom is -0.461 e. The topological polar surface area (TPSA) is 72.9 Å². The van der Waals surface area contributed by atoms with E-state index in [9.17, 15) is 14.4 Å². The highest BCUT2D eigenvalue weighted by molar-refractivity contribution is 6.21. The molecule has 1 aromatic rings. The smallest absolute Gasteiger partial charge is 0.335 e. The number of amides is 2. The standard InChI is InChI=1S/C18H23NO5/c1-11(2)24-17(22)12(3)23-10-18(4,5)19-15(20)13-8-6-7-9-14(13)16(19)21/h6-9,11-12H,10H2,1-5H3. The first-order valence-electron chi connectivity index (χ1n) is 7.95. The Morgan fingerprint density at radius 1 is 1.08 bits per heavy atom. The number of rotatable bonds is 6. The number of hydrogen-bond acceptors (Lipinski definition) is 5. The lowest BCUT2D eigenvalue weighted by molar-refractivity contribution is -0.161. The molecule has 0 aliphatic carbocycles. The van der Waals surface area contributed by atoms with Crippen molar-refractivity contribution < 1.29 is 23.9 Å². The van der Waals surface area contributed by atoms with Crippen LogP contribution in [-0.2, 0) is 14.3 Å². The maximum absolute atomic E-state index is 12.5. The first kappa shape index (κ1) is 18.1. The Kier molecular flexibility index (Phi) is 5.08. The molecule has 1 unspecified atom stereocenters. The summed E-state index contributed by atoms with van der Waals surface area (Å²) in [5, 5.41) is 0. The van der Waals surface area contributed by atoms with Crippen LogP contribution < -0.4 is 0 Å². The summed E-state index contributed by atoms with van der Waals surface area (Å²) in [5.41, 5.74) is -0.106. The molecule has 0 radical (unpaired) electrons. The molecule has 24 heavy (non-hydrogen) atoms. The normalized spacial score (nSPS) is 15.7. The first-order valence-corrected chi connectivity index (χ1v) is 7.95. The molecule has 2 amide bonds. The lowest BCUT2D eigenvalue weighted by Crippen LogP contribution is -2.51. The van der Waals surface area contributed by atoms with Crippen LogP contribution in [0.2, 0.25) is 0 Å². The highest BCUT2D eigenvalue weighted by Gasteiger charge is 2.44. The summed E-state index contributed by atoms with van der Waals surface area (Å²) < 4.78 is 10.6. The number of fused-ring (bicyclic) bond motifs is 1. The summed E-state index contributed by atoms with van der Waals surface area (Å²) in [6, 6.07) is 6.71. The number of esters is 1. The third-order valence-electron chi connectivity index (χ3n) is 3.77. The van der Waals surface area contributed by atoms with E-state index in [1.165, 1.54) is 4.90 Å². The Labute approximate surface area is 141 Å². The highest BCUT2D eigenvalue weighted by Crippen LogP contribution is 2.29. The van der Waals surface area contributed by atoms with Crippen molar-refractivity contribution in [2.75, 3.05) is 6.61 Å². The highest BCUT2D eigenvalue weighted by atomic mass is 16.6. The summed E-state index contributed by atoms with van der Waals surface area (Å²) in [6.45, 7) is 8.60. The van der Waals surface area contributed by atoms with Gasteiger partial charge in [0.2, 0.25) is 0 Å². The minimum atomic E-state index is -0.889. The predicted octanol–water partition coefficient (Wildman–Crippen LogP) is 2.42. The van der Waals surface area contributed by atoms with E-state index in [2.05, 4.69) is 0 Å². The molecule has 1 aromatic carbocycles. The number of carbonyl (C=O) groups excluding carboxylic acids is 3. The summed E-state index contributed by atoms with van der Waals surface area (Å²) in [6.07, 6.45) is -1.00. The largest absolute Gasteiger partial charge is 0.461 e. The molecule has 0 saturated carbocycles. The Morgan fingerprint density at radius 2 is 1.58 bits per heavy atom. The fourth-order valence-corrected chi connectivity index (χ4v) is 2.53. The van der Waals surface area contributed by atoms with Crippen LogP contribution >= 0.6 is 0 Å². The van der Waals surface area contributed by atoms with Gasteiger partial charge in [0.05, 0.1) is 29.4 Å². The zero-order valence-corrected chi connectivity index (χ0v) is 14.7. The van der Waals surface area contributed by atoms with Crippen LogP contribution in [0.15, 0.2) is 24.3 Å². The van der Waals surface area contributed by atoms with E-state index < -0.39 is 17.6 Å². The average molecular weight is 333 g/mol. The Balaban J connectivity index is 2.08. The third-order valence-corrected chi connectivity index (χ3v) is 3.77. The molecule has 0 bridgehead atoms. The van der Waals surface area contributed by atoms with Crippen LogP contribution in [-0.4, -0.2) is 47.0 Å². The lowest BCUT2D eigenvalue weighted by atomic mass is 10.0. The van der Waals surface area contributed by atoms with Gasteiger partial charge in [-0.3, -0.25) is 14.5 Å². The Bertz CT molecular complexity index is 630. The molecule has 1 atom stereocenters. The van der Waals surface area contributed by atoms with Crippen molar-refractivity contribution in [2.24, 2.45) is 0 Å². The summed E-state index contributed by atoms with van der Waals surface area (Å²) >= 11 is 0. The van der Waals surface area contributed by atoms with E-state index in [0.717, 1.165) is 0 Å². The number of nitrogens with zero attached hydrogens (tertiary/aromatic N) is 1. The van der Waals surface area contributed by atoms with Crippen molar-refractivity contribution >= 4 is 17.8 Å². The molecule has 0 spiro atoms. The molecule has 0 saturated heterocycles. The van der Waals surface area contributed by atoms with Crippen LogP contribution in [0.25, 0.3) is 0 Å². The molecule has 130 valence electrons. The minimum absolute atomic E-state index is 0.0346. The Hall–Kier alpha value is -2.21. The van der Waals surface area contributed by atoms with Crippen LogP contribution in [0.1, 0.15) is 55.3 Å². The van der Waals surface area contributed by atoms with E-state index in [4.69, 9.17) is 9.47 Å². The zero-order chi connectivity index (χ0) is 18.1. The number of hydrogen-bond donors (Lipinski definition) is 0. The lowest BCUT2D eigenvalue weighted by Gasteiger charge is -2.34. The van der Waals surface area contributed by atoms with Crippen LogP contribution in [0.4, 0.5) is 0 Å². The molecule has 0 aromatic heterocycles. The molecular weight excluding hydrogens is 310 g/mol. The molecule has 6 heteroatoms. The van der Waals surface area contributed by atoms with Crippen molar-refractivity contribution in [3.63, 3.8) is 0 Å². The molecule has 1 heterocycles. The monoisotopic (exact) mass is 333 g/mol. The second-order valence-corrected chi connectivity index (χ2v) is 6.74. The molecule has 1 aliphatic heterocycles. The van der Waals surface area contributed by atoms with Crippen LogP contribution in [0.5, 0.6) is 0 Å². The van der Waals surface area contributed by atoms with Gasteiger partial charge in [0.15, 0.2) is 6.10 Å². The maximum atomic E-state index is 12.5. The second kappa shape index (κ2) is 6.73. The number of carbonyl (C=O) groups is 3. The first-order chi connectivity index (χ1) is 11.1. The van der Waals surface area contributed by atoms with E-state index >= 15 is 0 Å². The molecule has 0 N–H and O–H groups in total. The van der Waals surface area contributed by atoms with Gasteiger partial charge in [-0.05, 0) is 46.8 Å². The quantitative estimate of drug-likeness (QED) is 0.590. The average Bonchev–Trinajstić information content (AvgIpc) is 2.77. The van der Waals surface area contributed by atoms with E-state index in [-0.39, 0.29) is 24.5 Å². The molecule has 6 nitrogen and oxygen atoms in total. The summed E-state index contributed by atoms with van der Waals surface area (Å²) in [5.74, 6) is -1.16. The van der Waals surface area contributed by atoms with Crippen molar-refractivity contribution in [2.45, 2.75) is 52.4 Å². The van der Waals surface area contributed by atoms with Crippen molar-refractivity contribution in [3.05, 3.63) is 35.4 Å². The maximum Gasteiger partial charge on any atom is 0.335 e. The molecular formula is C18H23NO5. The predicted molar refractivity (Wildman–Crippen MR) is 87.7 cm³/mol. The summed E-state index contributed by atoms with van der Waals surface area (Å²) in [4.78, 5) is 38.1. The number of imide groups is 1. The fraction of sp³-hybridized carbons (Fsp3) is 0.500. The van der Waals surface area contributed by atoms with E-state index in [1.807, 2.05) is 0 Å². The van der Waals surface area contributed by atoms with Gasteiger partial charge in [-0.1, -0.05) is 12.1 Å². The van der Waals surface area contributed by atoms with Gasteiger partial charge in [0, 0.05) is 0 Å². The third kappa shape index (κ3) is 3.48. The SMILES string of the molecule is CC(C)OC(=O)C(C)OCC(C)(C)N1C(=O)c2ccccc2C1=O. The molecule has 1 aliphatic rings. The van der Waals surface area contributed by atoms with Crippen molar-refractivity contribution in [1.82, 2.24) is 4.90 Å². The number of ether oxygens (including phenoxy) is 2. The van der Waals surface area contributed by atoms with Gasteiger partial charge in [0.25, 0.3) is 11.8 Å². The van der Waals surface area contributed by atoms with E-state index in [0.29, 0.717) is 11.1 Å². The van der Waals surface area contributed by atoms with Gasteiger partial charge in [0.1, 0.15) is 0 Å². The fourth-order valence-electron chi connectivity index (χ4n) is 2.53. The molecule has 0 fully saturated rings. The van der Waals surface area contributed by atoms with Crippen molar-refractivity contribution in [1.29, 1.82) is 0 Å². The number of benzene rings is 1. The summed E-state index contributed by atoms with van der Waals surface area (Å²) in [7, 11) is 0. The van der Waals surface area contributed by atoms with Crippen LogP contribution in [0.3, 0.4) is 0 Å². The van der Waals surface area contributed by atoms with Gasteiger partial charge in [-0.15, -0.1) is 0 Å². The molecule has 2 rings (SSSR count). The van der Waals surface area contributed by atoms with Gasteiger partial charge < -0.3 is 9.47 Å². The van der Waals surface area contributed by atoms with Gasteiger partial charge >= 0.3 is 5.97 Å². The zero-order valence-electron chi connectivity index (χ0n) is 14.7. The van der Waals surface area contributed by atoms with Gasteiger partial charge in [-0.25, -0.2) is 4.79 Å². The van der Waals surface area contributed by atoms with Crippen LogP contribution in [0, 0.1) is 0 Å². The Morgan fingerprint density at radius 3 is 2.04 bits per heavy atom.